The molecule has 0 aliphatic rings. The molecule has 0 bridgehead atoms. The van der Waals surface area contributed by atoms with E-state index < -0.39 is 18.0 Å². The maximum Gasteiger partial charge on any atom is 0.313 e. The third-order valence-electron chi connectivity index (χ3n) is 0.826. The van der Waals surface area contributed by atoms with Crippen molar-refractivity contribution < 1.29 is 25.3 Å². The number of carbonyl (C=O) groups is 2. The van der Waals surface area contributed by atoms with Gasteiger partial charge in [-0.25, -0.2) is 0 Å². The van der Waals surface area contributed by atoms with Crippen molar-refractivity contribution in [2.24, 2.45) is 5.73 Å². The van der Waals surface area contributed by atoms with Crippen LogP contribution in [0.25, 0.3) is 0 Å². The minimum Gasteiger partial charge on any atom is -0.548 e. The summed E-state index contributed by atoms with van der Waals surface area (Å²) in [6.45, 7) is 0. The molecule has 8 heteroatoms. The Hall–Kier alpha value is -0.830. The van der Waals surface area contributed by atoms with Gasteiger partial charge in [-0.2, -0.15) is 0 Å². The molecule has 1 atom stereocenters. The van der Waals surface area contributed by atoms with E-state index in [1.54, 1.807) is 0 Å². The van der Waals surface area contributed by atoms with Gasteiger partial charge in [0.1, 0.15) is 0 Å². The molecule has 0 spiro atoms. The topological polar surface area (TPSA) is 171 Å². The molecule has 0 radical (unpaired) electrons. The van der Waals surface area contributed by atoms with Crippen LogP contribution in [-0.4, -0.2) is 40.1 Å². The van der Waals surface area contributed by atoms with Crippen molar-refractivity contribution in [3.05, 3.63) is 0 Å². The van der Waals surface area contributed by atoms with E-state index in [0.717, 1.165) is 11.8 Å². The average Bonchev–Trinajstić information content (AvgIpc) is 1.86. The summed E-state index contributed by atoms with van der Waals surface area (Å²) in [7, 11) is 0. The standard InChI is InChI=1S/C5H9NO4S.H3N.H2O/c6-3(5(9)10)1-11-2-4(7)8;;/h3H,1-2,6H2,(H,7,8)(H,9,10);1H3;1H2/t3-;;/m1../s1. The predicted molar refractivity (Wildman–Crippen MR) is 47.5 cm³/mol. The molecule has 0 amide bonds. The number of quaternary nitrogens is 1. The molecule has 0 aliphatic heterocycles. The number of carbonyl (C=O) groups excluding carboxylic acids is 1. The van der Waals surface area contributed by atoms with Crippen LogP contribution in [-0.2, 0) is 9.59 Å². The van der Waals surface area contributed by atoms with Crippen molar-refractivity contribution >= 4 is 23.7 Å². The second-order valence-corrected chi connectivity index (χ2v) is 2.86. The van der Waals surface area contributed by atoms with Gasteiger partial charge in [0, 0.05) is 5.75 Å². The fourth-order valence-corrected chi connectivity index (χ4v) is 1.02. The fraction of sp³-hybridized carbons (Fsp3) is 0.600. The molecule has 80 valence electrons. The van der Waals surface area contributed by atoms with Gasteiger partial charge in [0.15, 0.2) is 0 Å². The summed E-state index contributed by atoms with van der Waals surface area (Å²) in [5, 5.41) is 18.1. The molecule has 0 aliphatic carbocycles. The Morgan fingerprint density at radius 3 is 2.31 bits per heavy atom. The minimum absolute atomic E-state index is 0. The van der Waals surface area contributed by atoms with E-state index in [4.69, 9.17) is 10.8 Å². The van der Waals surface area contributed by atoms with Crippen LogP contribution in [0.4, 0.5) is 0 Å². The first-order valence-electron chi connectivity index (χ1n) is 2.80. The van der Waals surface area contributed by atoms with Gasteiger partial charge in [-0.05, 0) is 0 Å². The summed E-state index contributed by atoms with van der Waals surface area (Å²) in [6.07, 6.45) is 0. The number of rotatable bonds is 5. The summed E-state index contributed by atoms with van der Waals surface area (Å²) >= 11 is 0.952. The molecule has 0 saturated carbocycles. The molecule has 0 aromatic carbocycles. The first kappa shape index (κ1) is 18.1. The van der Waals surface area contributed by atoms with E-state index in [1.165, 1.54) is 0 Å². The number of nitrogens with two attached hydrogens (primary N) is 1. The highest BCUT2D eigenvalue weighted by Crippen LogP contribution is 2.00. The summed E-state index contributed by atoms with van der Waals surface area (Å²) in [6, 6.07) is -1.08. The molecule has 9 N–H and O–H groups in total. The smallest absolute Gasteiger partial charge is 0.313 e. The van der Waals surface area contributed by atoms with Crippen LogP contribution in [0.5, 0.6) is 0 Å². The van der Waals surface area contributed by atoms with Crippen LogP contribution in [0.2, 0.25) is 0 Å². The summed E-state index contributed by atoms with van der Waals surface area (Å²) in [4.78, 5) is 19.9. The molecule has 0 fully saturated rings. The van der Waals surface area contributed by atoms with Crippen LogP contribution in [0.15, 0.2) is 0 Å². The number of thioether (sulfide) groups is 1. The fourth-order valence-electron chi connectivity index (χ4n) is 0.341. The maximum absolute atomic E-state index is 9.98. The van der Waals surface area contributed by atoms with Crippen LogP contribution >= 0.6 is 11.8 Å². The molecule has 0 heterocycles. The van der Waals surface area contributed by atoms with Crippen LogP contribution < -0.4 is 17.0 Å². The third kappa shape index (κ3) is 11.2. The molecule has 7 nitrogen and oxygen atoms in total. The van der Waals surface area contributed by atoms with Gasteiger partial charge in [-0.15, -0.1) is 11.8 Å². The molecule has 0 aromatic heterocycles. The lowest BCUT2D eigenvalue weighted by Crippen LogP contribution is -2.43. The van der Waals surface area contributed by atoms with E-state index in [9.17, 15) is 14.7 Å². The van der Waals surface area contributed by atoms with Crippen molar-refractivity contribution in [2.45, 2.75) is 6.04 Å². The largest absolute Gasteiger partial charge is 0.548 e. The lowest BCUT2D eigenvalue weighted by Gasteiger charge is -2.10. The van der Waals surface area contributed by atoms with Crippen molar-refractivity contribution in [1.82, 2.24) is 6.15 Å². The highest BCUT2D eigenvalue weighted by Gasteiger charge is 2.04. The van der Waals surface area contributed by atoms with Crippen LogP contribution in [0.1, 0.15) is 0 Å². The second kappa shape index (κ2) is 9.26. The van der Waals surface area contributed by atoms with E-state index in [1.807, 2.05) is 0 Å². The van der Waals surface area contributed by atoms with Crippen molar-refractivity contribution in [3.63, 3.8) is 0 Å². The molecule has 13 heavy (non-hydrogen) atoms. The van der Waals surface area contributed by atoms with Crippen molar-refractivity contribution in [1.29, 1.82) is 0 Å². The van der Waals surface area contributed by atoms with E-state index in [-0.39, 0.29) is 23.1 Å². The molecule has 0 aromatic rings. The first-order chi connectivity index (χ1) is 5.04. The van der Waals surface area contributed by atoms with Gasteiger partial charge < -0.3 is 32.4 Å². The first-order valence-corrected chi connectivity index (χ1v) is 3.95. The van der Waals surface area contributed by atoms with Crippen molar-refractivity contribution in [3.8, 4) is 0 Å². The average molecular weight is 214 g/mol. The number of aliphatic carboxylic acids is 2. The minimum atomic E-state index is -1.36. The van der Waals surface area contributed by atoms with Gasteiger partial charge in [0.2, 0.25) is 0 Å². The Kier molecular flexibility index (Phi) is 12.9. The number of carboxylic acids is 2. The monoisotopic (exact) mass is 214 g/mol. The van der Waals surface area contributed by atoms with Gasteiger partial charge in [-0.3, -0.25) is 4.79 Å². The van der Waals surface area contributed by atoms with Crippen molar-refractivity contribution in [2.75, 3.05) is 11.5 Å². The molecule has 0 saturated heterocycles. The van der Waals surface area contributed by atoms with Gasteiger partial charge in [-0.1, -0.05) is 0 Å². The van der Waals surface area contributed by atoms with Gasteiger partial charge in [0.25, 0.3) is 0 Å². The Balaban J connectivity index is -0.000000500. The Morgan fingerprint density at radius 2 is 2.00 bits per heavy atom. The highest BCUT2D eigenvalue weighted by atomic mass is 32.2. The zero-order chi connectivity index (χ0) is 8.85. The normalized spacial score (nSPS) is 10.5. The Bertz CT molecular complexity index is 165. The summed E-state index contributed by atoms with van der Waals surface area (Å²) in [5.41, 5.74) is 5.03. The lowest BCUT2D eigenvalue weighted by atomic mass is 10.4. The number of hydrogen-bond acceptors (Lipinski definition) is 5. The Morgan fingerprint density at radius 1 is 1.54 bits per heavy atom. The number of carboxylic acid groups (broad SMARTS) is 2. The third-order valence-corrected chi connectivity index (χ3v) is 1.87. The molecule has 0 unspecified atom stereocenters. The molecular weight excluding hydrogens is 200 g/mol. The molecular formula is C5H14N2O5S. The highest BCUT2D eigenvalue weighted by molar-refractivity contribution is 8.00. The van der Waals surface area contributed by atoms with Gasteiger partial charge >= 0.3 is 5.97 Å². The lowest BCUT2D eigenvalue weighted by molar-refractivity contribution is -0.306. The predicted octanol–water partition coefficient (Wildman–Crippen LogP) is -2.57. The van der Waals surface area contributed by atoms with E-state index in [2.05, 4.69) is 0 Å². The zero-order valence-corrected chi connectivity index (χ0v) is 7.97. The molecule has 0 rings (SSSR count). The summed E-state index contributed by atoms with van der Waals surface area (Å²) < 4.78 is 0. The summed E-state index contributed by atoms with van der Waals surface area (Å²) in [5.74, 6) is -2.42. The Labute approximate surface area is 79.2 Å². The second-order valence-electron chi connectivity index (χ2n) is 1.83. The maximum atomic E-state index is 9.98. The van der Waals surface area contributed by atoms with Gasteiger partial charge in [0.05, 0.1) is 17.8 Å². The zero-order valence-electron chi connectivity index (χ0n) is 7.15. The van der Waals surface area contributed by atoms with Crippen LogP contribution in [0.3, 0.4) is 0 Å². The number of hydrogen-bond donors (Lipinski definition) is 3. The van der Waals surface area contributed by atoms with E-state index in [0.29, 0.717) is 0 Å². The van der Waals surface area contributed by atoms with Crippen LogP contribution in [0, 0.1) is 0 Å². The SMILES string of the molecule is N[C@H](CSCC(=O)O)C(=O)[O-].O.[NH4+]. The quantitative estimate of drug-likeness (QED) is 0.453. The van der Waals surface area contributed by atoms with E-state index >= 15 is 0 Å².